The lowest BCUT2D eigenvalue weighted by molar-refractivity contribution is 0.414. The third-order valence-electron chi connectivity index (χ3n) is 4.49. The second-order valence-corrected chi connectivity index (χ2v) is 7.27. The van der Waals surface area contributed by atoms with Crippen LogP contribution in [-0.2, 0) is 0 Å². The molecule has 116 valence electrons. The van der Waals surface area contributed by atoms with Crippen molar-refractivity contribution in [1.82, 2.24) is 0 Å². The molecule has 0 aliphatic heterocycles. The van der Waals surface area contributed by atoms with Gasteiger partial charge in [0, 0.05) is 4.88 Å². The molecule has 2 aromatic rings. The predicted octanol–water partition coefficient (Wildman–Crippen LogP) is 6.08. The van der Waals surface area contributed by atoms with E-state index in [0.29, 0.717) is 0 Å². The average Bonchev–Trinajstić information content (AvgIpc) is 3.00. The lowest BCUT2D eigenvalue weighted by atomic mass is 9.85. The molecule has 0 N–H and O–H groups in total. The molecule has 0 saturated heterocycles. The van der Waals surface area contributed by atoms with E-state index in [1.165, 1.54) is 53.7 Å². The zero-order valence-electron chi connectivity index (χ0n) is 13.5. The summed E-state index contributed by atoms with van der Waals surface area (Å²) in [5.41, 5.74) is 4.04. The molecule has 1 saturated carbocycles. The molecule has 3 rings (SSSR count). The van der Waals surface area contributed by atoms with Crippen molar-refractivity contribution in [1.29, 1.82) is 0 Å². The first kappa shape index (κ1) is 15.4. The van der Waals surface area contributed by atoms with Crippen LogP contribution in [0.4, 0.5) is 0 Å². The van der Waals surface area contributed by atoms with Crippen molar-refractivity contribution in [2.75, 3.05) is 7.11 Å². The fourth-order valence-electron chi connectivity index (χ4n) is 3.25. The van der Waals surface area contributed by atoms with E-state index in [9.17, 15) is 0 Å². The van der Waals surface area contributed by atoms with Gasteiger partial charge in [-0.15, -0.1) is 11.3 Å². The molecule has 1 aliphatic carbocycles. The van der Waals surface area contributed by atoms with Gasteiger partial charge in [0.2, 0.25) is 0 Å². The van der Waals surface area contributed by atoms with Gasteiger partial charge in [-0.1, -0.05) is 37.5 Å². The van der Waals surface area contributed by atoms with E-state index in [0.717, 1.165) is 11.7 Å². The standard InChI is InChI=1S/C20H24OS/c1-15-12-18(14-22-15)20(13-16-6-4-3-5-7-16)17-8-10-19(21-2)11-9-17/h8-14,16H,3-7H2,1-2H3/b20-13+. The number of methoxy groups -OCH3 is 1. The van der Waals surface area contributed by atoms with Gasteiger partial charge in [0.05, 0.1) is 7.11 Å². The molecule has 0 spiro atoms. The van der Waals surface area contributed by atoms with Gasteiger partial charge in [-0.2, -0.15) is 0 Å². The van der Waals surface area contributed by atoms with Gasteiger partial charge in [0.1, 0.15) is 5.75 Å². The van der Waals surface area contributed by atoms with Crippen LogP contribution in [0, 0.1) is 12.8 Å². The van der Waals surface area contributed by atoms with E-state index in [-0.39, 0.29) is 0 Å². The summed E-state index contributed by atoms with van der Waals surface area (Å²) in [4.78, 5) is 1.37. The molecule has 0 bridgehead atoms. The van der Waals surface area contributed by atoms with E-state index in [1.54, 1.807) is 7.11 Å². The molecular weight excluding hydrogens is 288 g/mol. The maximum atomic E-state index is 5.29. The maximum Gasteiger partial charge on any atom is 0.118 e. The molecule has 0 unspecified atom stereocenters. The maximum absolute atomic E-state index is 5.29. The fraction of sp³-hybridized carbons (Fsp3) is 0.400. The Morgan fingerprint density at radius 2 is 1.82 bits per heavy atom. The minimum absolute atomic E-state index is 0.728. The van der Waals surface area contributed by atoms with Crippen LogP contribution in [0.1, 0.15) is 48.1 Å². The summed E-state index contributed by atoms with van der Waals surface area (Å²) in [5, 5.41) is 2.29. The average molecular weight is 312 g/mol. The van der Waals surface area contributed by atoms with Gasteiger partial charge in [-0.3, -0.25) is 0 Å². The Bertz CT molecular complexity index is 630. The van der Waals surface area contributed by atoms with Gasteiger partial charge in [-0.25, -0.2) is 0 Å². The molecule has 1 nitrogen and oxygen atoms in total. The third kappa shape index (κ3) is 3.61. The second-order valence-electron chi connectivity index (χ2n) is 6.15. The van der Waals surface area contributed by atoms with E-state index in [1.807, 2.05) is 11.3 Å². The summed E-state index contributed by atoms with van der Waals surface area (Å²) < 4.78 is 5.29. The fourth-order valence-corrected chi connectivity index (χ4v) is 3.95. The molecular formula is C20H24OS. The number of allylic oxidation sites excluding steroid dienone is 1. The molecule has 1 aromatic carbocycles. The lowest BCUT2D eigenvalue weighted by Gasteiger charge is -2.20. The van der Waals surface area contributed by atoms with Crippen molar-refractivity contribution in [3.05, 3.63) is 57.8 Å². The number of rotatable bonds is 4. The Morgan fingerprint density at radius 1 is 1.09 bits per heavy atom. The van der Waals surface area contributed by atoms with Crippen molar-refractivity contribution < 1.29 is 4.74 Å². The summed E-state index contributed by atoms with van der Waals surface area (Å²) in [6.07, 6.45) is 9.34. The molecule has 2 heteroatoms. The second kappa shape index (κ2) is 7.15. The van der Waals surface area contributed by atoms with Crippen LogP contribution in [0.15, 0.2) is 41.8 Å². The van der Waals surface area contributed by atoms with E-state index >= 15 is 0 Å². The highest BCUT2D eigenvalue weighted by Crippen LogP contribution is 2.33. The molecule has 1 heterocycles. The SMILES string of the molecule is COc1ccc(/C(=C\C2CCCCC2)c2csc(C)c2)cc1. The van der Waals surface area contributed by atoms with E-state index < -0.39 is 0 Å². The van der Waals surface area contributed by atoms with Crippen LogP contribution in [0.5, 0.6) is 5.75 Å². The summed E-state index contributed by atoms with van der Waals surface area (Å²) in [6.45, 7) is 2.18. The third-order valence-corrected chi connectivity index (χ3v) is 5.36. The van der Waals surface area contributed by atoms with Crippen molar-refractivity contribution >= 4 is 16.9 Å². The summed E-state index contributed by atoms with van der Waals surface area (Å²) >= 11 is 1.83. The van der Waals surface area contributed by atoms with Gasteiger partial charge in [0.25, 0.3) is 0 Å². The zero-order chi connectivity index (χ0) is 15.4. The van der Waals surface area contributed by atoms with Crippen molar-refractivity contribution in [2.45, 2.75) is 39.0 Å². The summed E-state index contributed by atoms with van der Waals surface area (Å²) in [5.74, 6) is 1.65. The largest absolute Gasteiger partial charge is 0.497 e. The Morgan fingerprint density at radius 3 is 2.41 bits per heavy atom. The van der Waals surface area contributed by atoms with Crippen LogP contribution in [0.3, 0.4) is 0 Å². The van der Waals surface area contributed by atoms with Gasteiger partial charge >= 0.3 is 0 Å². The normalized spacial score (nSPS) is 16.7. The number of benzene rings is 1. The summed E-state index contributed by atoms with van der Waals surface area (Å²) in [7, 11) is 1.72. The first-order valence-corrected chi connectivity index (χ1v) is 9.06. The number of ether oxygens (including phenoxy) is 1. The van der Waals surface area contributed by atoms with Crippen LogP contribution in [-0.4, -0.2) is 7.11 Å². The number of hydrogen-bond donors (Lipinski definition) is 0. The summed E-state index contributed by atoms with van der Waals surface area (Å²) in [6, 6.07) is 10.8. The Hall–Kier alpha value is -1.54. The topological polar surface area (TPSA) is 9.23 Å². The van der Waals surface area contributed by atoms with Gasteiger partial charge in [0.15, 0.2) is 0 Å². The predicted molar refractivity (Wildman–Crippen MR) is 95.7 cm³/mol. The Labute approximate surface area is 137 Å². The van der Waals surface area contributed by atoms with Gasteiger partial charge < -0.3 is 4.74 Å². The molecule has 1 aliphatic rings. The first-order chi connectivity index (χ1) is 10.8. The highest BCUT2D eigenvalue weighted by molar-refractivity contribution is 7.10. The van der Waals surface area contributed by atoms with Crippen molar-refractivity contribution in [3.8, 4) is 5.75 Å². The number of hydrogen-bond acceptors (Lipinski definition) is 2. The van der Waals surface area contributed by atoms with E-state index in [2.05, 4.69) is 48.7 Å². The minimum Gasteiger partial charge on any atom is -0.497 e. The van der Waals surface area contributed by atoms with Crippen LogP contribution < -0.4 is 4.74 Å². The Balaban J connectivity index is 1.95. The number of thiophene rings is 1. The molecule has 0 amide bonds. The zero-order valence-corrected chi connectivity index (χ0v) is 14.3. The van der Waals surface area contributed by atoms with Crippen LogP contribution in [0.25, 0.3) is 5.57 Å². The highest BCUT2D eigenvalue weighted by atomic mass is 32.1. The molecule has 1 fully saturated rings. The Kier molecular flexibility index (Phi) is 4.99. The molecule has 0 radical (unpaired) electrons. The molecule has 0 atom stereocenters. The van der Waals surface area contributed by atoms with Crippen molar-refractivity contribution in [2.24, 2.45) is 5.92 Å². The van der Waals surface area contributed by atoms with Crippen molar-refractivity contribution in [3.63, 3.8) is 0 Å². The quantitative estimate of drug-likeness (QED) is 0.665. The molecule has 22 heavy (non-hydrogen) atoms. The first-order valence-electron chi connectivity index (χ1n) is 8.18. The minimum atomic E-state index is 0.728. The highest BCUT2D eigenvalue weighted by Gasteiger charge is 2.14. The smallest absolute Gasteiger partial charge is 0.118 e. The van der Waals surface area contributed by atoms with E-state index in [4.69, 9.17) is 4.74 Å². The monoisotopic (exact) mass is 312 g/mol. The van der Waals surface area contributed by atoms with Crippen LogP contribution in [0.2, 0.25) is 0 Å². The number of aryl methyl sites for hydroxylation is 1. The van der Waals surface area contributed by atoms with Crippen LogP contribution >= 0.6 is 11.3 Å². The van der Waals surface area contributed by atoms with Gasteiger partial charge in [-0.05, 0) is 66.0 Å². The lowest BCUT2D eigenvalue weighted by Crippen LogP contribution is -2.04. The molecule has 1 aromatic heterocycles.